The fraction of sp³-hybridized carbons (Fsp3) is 0.500. The number of aliphatic hydroxyl groups excluding tert-OH is 1. The van der Waals surface area contributed by atoms with Gasteiger partial charge in [-0.3, -0.25) is 4.79 Å². The maximum atomic E-state index is 12.6. The topological polar surface area (TPSA) is 52.6 Å². The maximum Gasteiger partial charge on any atom is 0.240 e. The van der Waals surface area contributed by atoms with Crippen LogP contribution in [-0.4, -0.2) is 41.6 Å². The molecule has 2 heterocycles. The second kappa shape index (κ2) is 6.63. The van der Waals surface area contributed by atoms with Gasteiger partial charge in [0.15, 0.2) is 0 Å². The molecule has 3 atom stereocenters. The lowest BCUT2D eigenvalue weighted by atomic mass is 9.77. The lowest BCUT2D eigenvalue weighted by Gasteiger charge is -2.40. The minimum atomic E-state index is -0.0403. The molecule has 4 heteroatoms. The number of benzene rings is 1. The number of nitrogens with one attached hydrogen (secondary N) is 1. The fourth-order valence-electron chi connectivity index (χ4n) is 3.71. The standard InChI is InChI=1S/C18H24N2O2/c1-2-3-10-20-11-16(14-6-4-13(12-21)5-7-14)15-8-9-19-17(15)18(20)22/h2-7,15-17,19,21H,8-12H2,1H3. The molecule has 1 aromatic rings. The van der Waals surface area contributed by atoms with Gasteiger partial charge in [-0.2, -0.15) is 0 Å². The molecule has 1 amide bonds. The number of nitrogens with zero attached hydrogens (tertiary/aromatic N) is 1. The number of hydrogen-bond acceptors (Lipinski definition) is 3. The van der Waals surface area contributed by atoms with Crippen LogP contribution in [0.4, 0.5) is 0 Å². The van der Waals surface area contributed by atoms with Gasteiger partial charge in [0.25, 0.3) is 0 Å². The van der Waals surface area contributed by atoms with Gasteiger partial charge in [-0.15, -0.1) is 0 Å². The van der Waals surface area contributed by atoms with Gasteiger partial charge in [-0.25, -0.2) is 0 Å². The minimum absolute atomic E-state index is 0.0403. The van der Waals surface area contributed by atoms with Crippen molar-refractivity contribution in [2.75, 3.05) is 19.6 Å². The highest BCUT2D eigenvalue weighted by molar-refractivity contribution is 5.84. The first kappa shape index (κ1) is 15.3. The molecule has 1 aromatic carbocycles. The zero-order valence-electron chi connectivity index (χ0n) is 13.0. The Balaban J connectivity index is 1.85. The summed E-state index contributed by atoms with van der Waals surface area (Å²) in [7, 11) is 0. The average molecular weight is 300 g/mol. The number of carbonyl (C=O) groups is 1. The molecule has 2 aliphatic heterocycles. The number of piperidine rings is 1. The highest BCUT2D eigenvalue weighted by Crippen LogP contribution is 2.37. The molecule has 0 radical (unpaired) electrons. The molecule has 118 valence electrons. The number of allylic oxidation sites excluding steroid dienone is 1. The van der Waals surface area contributed by atoms with E-state index in [1.807, 2.05) is 36.1 Å². The van der Waals surface area contributed by atoms with E-state index in [2.05, 4.69) is 17.4 Å². The quantitative estimate of drug-likeness (QED) is 0.832. The van der Waals surface area contributed by atoms with Crippen molar-refractivity contribution in [1.29, 1.82) is 0 Å². The summed E-state index contributed by atoms with van der Waals surface area (Å²) in [6.07, 6.45) is 5.09. The monoisotopic (exact) mass is 300 g/mol. The molecule has 3 rings (SSSR count). The van der Waals surface area contributed by atoms with Crippen LogP contribution in [0.3, 0.4) is 0 Å². The molecule has 0 aliphatic carbocycles. The summed E-state index contributed by atoms with van der Waals surface area (Å²) in [5.74, 6) is 0.994. The predicted molar refractivity (Wildman–Crippen MR) is 86.4 cm³/mol. The third kappa shape index (κ3) is 2.81. The van der Waals surface area contributed by atoms with Gasteiger partial charge in [-0.05, 0) is 36.9 Å². The smallest absolute Gasteiger partial charge is 0.240 e. The maximum absolute atomic E-state index is 12.6. The summed E-state index contributed by atoms with van der Waals surface area (Å²) in [5, 5.41) is 12.6. The van der Waals surface area contributed by atoms with E-state index in [-0.39, 0.29) is 18.6 Å². The molecule has 2 N–H and O–H groups in total. The van der Waals surface area contributed by atoms with Crippen LogP contribution in [0.15, 0.2) is 36.4 Å². The second-order valence-electron chi connectivity index (χ2n) is 6.20. The second-order valence-corrected chi connectivity index (χ2v) is 6.20. The van der Waals surface area contributed by atoms with Crippen LogP contribution >= 0.6 is 0 Å². The Morgan fingerprint density at radius 2 is 2.14 bits per heavy atom. The molecule has 4 nitrogen and oxygen atoms in total. The van der Waals surface area contributed by atoms with Crippen LogP contribution < -0.4 is 5.32 Å². The summed E-state index contributed by atoms with van der Waals surface area (Å²) >= 11 is 0. The number of rotatable bonds is 4. The molecule has 2 fully saturated rings. The van der Waals surface area contributed by atoms with Crippen molar-refractivity contribution in [3.05, 3.63) is 47.5 Å². The van der Waals surface area contributed by atoms with Crippen molar-refractivity contribution in [3.8, 4) is 0 Å². The van der Waals surface area contributed by atoms with Gasteiger partial charge < -0.3 is 15.3 Å². The van der Waals surface area contributed by atoms with E-state index in [9.17, 15) is 9.90 Å². The Labute approximate surface area is 131 Å². The summed E-state index contributed by atoms with van der Waals surface area (Å²) < 4.78 is 0. The van der Waals surface area contributed by atoms with E-state index in [1.165, 1.54) is 5.56 Å². The Hall–Kier alpha value is -1.65. The first-order chi connectivity index (χ1) is 10.7. The molecule has 3 unspecified atom stereocenters. The van der Waals surface area contributed by atoms with Gasteiger partial charge in [-0.1, -0.05) is 36.4 Å². The summed E-state index contributed by atoms with van der Waals surface area (Å²) in [5.41, 5.74) is 2.20. The zero-order chi connectivity index (χ0) is 15.5. The first-order valence-electron chi connectivity index (χ1n) is 8.07. The first-order valence-corrected chi connectivity index (χ1v) is 8.07. The number of likely N-dealkylation sites (tertiary alicyclic amines) is 1. The number of hydrogen-bond donors (Lipinski definition) is 2. The van der Waals surface area contributed by atoms with Crippen LogP contribution in [-0.2, 0) is 11.4 Å². The molecule has 0 spiro atoms. The molecule has 22 heavy (non-hydrogen) atoms. The minimum Gasteiger partial charge on any atom is -0.392 e. The molecular weight excluding hydrogens is 276 g/mol. The Bertz CT molecular complexity index is 553. The van der Waals surface area contributed by atoms with Crippen molar-refractivity contribution in [3.63, 3.8) is 0 Å². The van der Waals surface area contributed by atoms with Gasteiger partial charge in [0.05, 0.1) is 12.6 Å². The largest absolute Gasteiger partial charge is 0.392 e. The van der Waals surface area contributed by atoms with E-state index in [4.69, 9.17) is 0 Å². The lowest BCUT2D eigenvalue weighted by Crippen LogP contribution is -2.54. The van der Waals surface area contributed by atoms with E-state index in [0.29, 0.717) is 18.4 Å². The van der Waals surface area contributed by atoms with Crippen LogP contribution in [0.25, 0.3) is 0 Å². The molecule has 0 bridgehead atoms. The van der Waals surface area contributed by atoms with Gasteiger partial charge in [0, 0.05) is 19.0 Å². The van der Waals surface area contributed by atoms with E-state index in [0.717, 1.165) is 25.1 Å². The molecule has 2 saturated heterocycles. The summed E-state index contributed by atoms with van der Waals surface area (Å²) in [6, 6.07) is 8.14. The van der Waals surface area contributed by atoms with Gasteiger partial charge >= 0.3 is 0 Å². The highest BCUT2D eigenvalue weighted by Gasteiger charge is 2.45. The van der Waals surface area contributed by atoms with Crippen molar-refractivity contribution in [1.82, 2.24) is 10.2 Å². The van der Waals surface area contributed by atoms with Crippen molar-refractivity contribution >= 4 is 5.91 Å². The Kier molecular flexibility index (Phi) is 4.60. The number of aliphatic hydroxyl groups is 1. The van der Waals surface area contributed by atoms with Crippen molar-refractivity contribution in [2.45, 2.75) is 31.9 Å². The Morgan fingerprint density at radius 1 is 1.36 bits per heavy atom. The normalized spacial score (nSPS) is 28.4. The number of amides is 1. The van der Waals surface area contributed by atoms with Crippen molar-refractivity contribution < 1.29 is 9.90 Å². The molecular formula is C18H24N2O2. The Morgan fingerprint density at radius 3 is 2.82 bits per heavy atom. The lowest BCUT2D eigenvalue weighted by molar-refractivity contribution is -0.137. The van der Waals surface area contributed by atoms with Crippen LogP contribution in [0, 0.1) is 5.92 Å². The fourth-order valence-corrected chi connectivity index (χ4v) is 3.71. The van der Waals surface area contributed by atoms with E-state index < -0.39 is 0 Å². The van der Waals surface area contributed by atoms with Crippen LogP contribution in [0.2, 0.25) is 0 Å². The molecule has 2 aliphatic rings. The summed E-state index contributed by atoms with van der Waals surface area (Å²) in [6.45, 7) is 4.44. The van der Waals surface area contributed by atoms with Gasteiger partial charge in [0.2, 0.25) is 5.91 Å². The third-order valence-corrected chi connectivity index (χ3v) is 4.93. The predicted octanol–water partition coefficient (Wildman–Crippen LogP) is 1.66. The van der Waals surface area contributed by atoms with Crippen LogP contribution in [0.5, 0.6) is 0 Å². The zero-order valence-corrected chi connectivity index (χ0v) is 13.0. The molecule has 0 aromatic heterocycles. The number of fused-ring (bicyclic) bond motifs is 1. The number of carbonyl (C=O) groups excluding carboxylic acids is 1. The van der Waals surface area contributed by atoms with Gasteiger partial charge in [0.1, 0.15) is 0 Å². The van der Waals surface area contributed by atoms with Crippen LogP contribution in [0.1, 0.15) is 30.4 Å². The summed E-state index contributed by atoms with van der Waals surface area (Å²) in [4.78, 5) is 14.5. The third-order valence-electron chi connectivity index (χ3n) is 4.93. The average Bonchev–Trinajstić information content (AvgIpc) is 3.05. The molecule has 0 saturated carbocycles. The van der Waals surface area contributed by atoms with E-state index >= 15 is 0 Å². The highest BCUT2D eigenvalue weighted by atomic mass is 16.3. The van der Waals surface area contributed by atoms with E-state index in [1.54, 1.807) is 0 Å². The van der Waals surface area contributed by atoms with Crippen molar-refractivity contribution in [2.24, 2.45) is 5.92 Å². The SMILES string of the molecule is CC=CCN1CC(c2ccc(CO)cc2)C2CCNC2C1=O.